The molecule has 0 aromatic rings. The van der Waals surface area contributed by atoms with Crippen molar-refractivity contribution in [3.05, 3.63) is 10.6 Å². The van der Waals surface area contributed by atoms with Crippen LogP contribution in [0.1, 0.15) is 19.3 Å². The molecular weight excluding hydrogens is 219 g/mol. The van der Waals surface area contributed by atoms with Crippen LogP contribution in [0.15, 0.2) is 10.6 Å². The first-order valence-electron chi connectivity index (χ1n) is 5.23. The Balaban J connectivity index is 1.81. The largest absolute Gasteiger partial charge is 0.307 e. The van der Waals surface area contributed by atoms with Crippen LogP contribution >= 0.6 is 23.2 Å². The molecule has 0 aliphatic carbocycles. The SMILES string of the molecule is ClC=C(Cl)CNC1CCN2CCCC12. The average molecular weight is 235 g/mol. The molecule has 2 heterocycles. The fraction of sp³-hybridized carbons (Fsp3) is 0.800. The van der Waals surface area contributed by atoms with Crippen LogP contribution in [0.5, 0.6) is 0 Å². The molecule has 2 rings (SSSR count). The molecule has 0 aromatic carbocycles. The van der Waals surface area contributed by atoms with Crippen molar-refractivity contribution < 1.29 is 0 Å². The van der Waals surface area contributed by atoms with Crippen molar-refractivity contribution in [2.24, 2.45) is 0 Å². The van der Waals surface area contributed by atoms with Gasteiger partial charge in [0.2, 0.25) is 0 Å². The number of fused-ring (bicyclic) bond motifs is 1. The maximum atomic E-state index is 5.84. The van der Waals surface area contributed by atoms with Crippen molar-refractivity contribution in [1.29, 1.82) is 0 Å². The van der Waals surface area contributed by atoms with Crippen molar-refractivity contribution in [2.75, 3.05) is 19.6 Å². The van der Waals surface area contributed by atoms with E-state index in [1.165, 1.54) is 37.9 Å². The number of hydrogen-bond acceptors (Lipinski definition) is 2. The molecule has 80 valence electrons. The fourth-order valence-corrected chi connectivity index (χ4v) is 2.74. The second-order valence-corrected chi connectivity index (χ2v) is 4.78. The molecule has 0 aromatic heterocycles. The summed E-state index contributed by atoms with van der Waals surface area (Å²) in [6, 6.07) is 1.36. The summed E-state index contributed by atoms with van der Waals surface area (Å²) in [5.41, 5.74) is 1.44. The van der Waals surface area contributed by atoms with Gasteiger partial charge in [-0.1, -0.05) is 23.2 Å². The van der Waals surface area contributed by atoms with E-state index in [0.717, 1.165) is 6.04 Å². The molecule has 2 unspecified atom stereocenters. The number of halogens is 2. The quantitative estimate of drug-likeness (QED) is 0.806. The third-order valence-electron chi connectivity index (χ3n) is 3.26. The molecule has 2 fully saturated rings. The van der Waals surface area contributed by atoms with Crippen molar-refractivity contribution in [3.63, 3.8) is 0 Å². The highest BCUT2D eigenvalue weighted by Gasteiger charge is 2.36. The second kappa shape index (κ2) is 4.84. The lowest BCUT2D eigenvalue weighted by molar-refractivity contribution is 0.301. The topological polar surface area (TPSA) is 15.3 Å². The van der Waals surface area contributed by atoms with Gasteiger partial charge in [-0.25, -0.2) is 0 Å². The van der Waals surface area contributed by atoms with E-state index in [1.807, 2.05) is 0 Å². The van der Waals surface area contributed by atoms with E-state index in [1.54, 1.807) is 0 Å². The molecule has 0 spiro atoms. The molecule has 0 amide bonds. The lowest BCUT2D eigenvalue weighted by Gasteiger charge is -2.21. The van der Waals surface area contributed by atoms with E-state index in [-0.39, 0.29) is 0 Å². The Hall–Kier alpha value is 0.240. The smallest absolute Gasteiger partial charge is 0.0432 e. The van der Waals surface area contributed by atoms with E-state index in [2.05, 4.69) is 10.2 Å². The highest BCUT2D eigenvalue weighted by molar-refractivity contribution is 6.36. The monoisotopic (exact) mass is 234 g/mol. The van der Waals surface area contributed by atoms with Gasteiger partial charge in [-0.2, -0.15) is 0 Å². The lowest BCUT2D eigenvalue weighted by atomic mass is 10.1. The molecule has 2 aliphatic heterocycles. The minimum absolute atomic E-state index is 0.614. The van der Waals surface area contributed by atoms with Crippen LogP contribution in [0.2, 0.25) is 0 Å². The van der Waals surface area contributed by atoms with Crippen LogP contribution < -0.4 is 5.32 Å². The summed E-state index contributed by atoms with van der Waals surface area (Å²) in [6.07, 6.45) is 3.93. The summed E-state index contributed by atoms with van der Waals surface area (Å²) in [4.78, 5) is 2.58. The minimum atomic E-state index is 0.614. The van der Waals surface area contributed by atoms with E-state index in [9.17, 15) is 0 Å². The van der Waals surface area contributed by atoms with Crippen molar-refractivity contribution in [3.8, 4) is 0 Å². The van der Waals surface area contributed by atoms with Gasteiger partial charge in [0.15, 0.2) is 0 Å². The Labute approximate surface area is 95.2 Å². The maximum Gasteiger partial charge on any atom is 0.0432 e. The van der Waals surface area contributed by atoms with E-state index in [4.69, 9.17) is 23.2 Å². The molecule has 2 saturated heterocycles. The third kappa shape index (κ3) is 2.25. The number of hydrogen-bond donors (Lipinski definition) is 1. The van der Waals surface area contributed by atoms with Gasteiger partial charge in [0.25, 0.3) is 0 Å². The first-order valence-corrected chi connectivity index (χ1v) is 6.05. The van der Waals surface area contributed by atoms with Gasteiger partial charge in [0.05, 0.1) is 0 Å². The molecule has 1 N–H and O–H groups in total. The molecule has 2 atom stereocenters. The molecule has 4 heteroatoms. The van der Waals surface area contributed by atoms with Crippen LogP contribution in [0.4, 0.5) is 0 Å². The standard InChI is InChI=1S/C10H16Cl2N2/c11-6-8(12)7-13-9-3-5-14-4-1-2-10(9)14/h6,9-10,13H,1-5,7H2. The van der Waals surface area contributed by atoms with Gasteiger partial charge in [0.1, 0.15) is 0 Å². The van der Waals surface area contributed by atoms with E-state index < -0.39 is 0 Å². The molecule has 2 aliphatic rings. The minimum Gasteiger partial charge on any atom is -0.307 e. The first kappa shape index (κ1) is 10.7. The van der Waals surface area contributed by atoms with Gasteiger partial charge >= 0.3 is 0 Å². The van der Waals surface area contributed by atoms with Crippen LogP contribution in [-0.4, -0.2) is 36.6 Å². The van der Waals surface area contributed by atoms with Crippen LogP contribution in [0.3, 0.4) is 0 Å². The zero-order chi connectivity index (χ0) is 9.97. The normalized spacial score (nSPS) is 33.7. The van der Waals surface area contributed by atoms with Crippen LogP contribution in [-0.2, 0) is 0 Å². The Morgan fingerprint density at radius 2 is 2.29 bits per heavy atom. The van der Waals surface area contributed by atoms with Crippen molar-refractivity contribution >= 4 is 23.2 Å². The van der Waals surface area contributed by atoms with E-state index in [0.29, 0.717) is 17.6 Å². The van der Waals surface area contributed by atoms with E-state index >= 15 is 0 Å². The summed E-state index contributed by atoms with van der Waals surface area (Å²) in [5, 5.41) is 4.17. The fourth-order valence-electron chi connectivity index (χ4n) is 2.59. The highest BCUT2D eigenvalue weighted by atomic mass is 35.5. The number of nitrogens with zero attached hydrogens (tertiary/aromatic N) is 1. The molecular formula is C10H16Cl2N2. The Morgan fingerprint density at radius 3 is 3.07 bits per heavy atom. The summed E-state index contributed by atoms with van der Waals surface area (Å²) >= 11 is 11.3. The molecule has 0 bridgehead atoms. The van der Waals surface area contributed by atoms with Gasteiger partial charge in [-0.15, -0.1) is 0 Å². The Morgan fingerprint density at radius 1 is 1.43 bits per heavy atom. The van der Waals surface area contributed by atoms with Crippen LogP contribution in [0, 0.1) is 0 Å². The van der Waals surface area contributed by atoms with Gasteiger partial charge in [-0.05, 0) is 25.8 Å². The maximum absolute atomic E-state index is 5.84. The van der Waals surface area contributed by atoms with Crippen molar-refractivity contribution in [1.82, 2.24) is 10.2 Å². The van der Waals surface area contributed by atoms with Crippen LogP contribution in [0.25, 0.3) is 0 Å². The first-order chi connectivity index (χ1) is 6.81. The average Bonchev–Trinajstić information content (AvgIpc) is 2.76. The predicted octanol–water partition coefficient (Wildman–Crippen LogP) is 2.13. The molecule has 14 heavy (non-hydrogen) atoms. The highest BCUT2D eigenvalue weighted by Crippen LogP contribution is 2.27. The molecule has 2 nitrogen and oxygen atoms in total. The molecule has 0 saturated carbocycles. The Kier molecular flexibility index (Phi) is 3.72. The zero-order valence-electron chi connectivity index (χ0n) is 8.18. The second-order valence-electron chi connectivity index (χ2n) is 4.08. The zero-order valence-corrected chi connectivity index (χ0v) is 9.69. The summed E-state index contributed by atoms with van der Waals surface area (Å²) in [5.74, 6) is 0. The van der Waals surface area contributed by atoms with Crippen molar-refractivity contribution in [2.45, 2.75) is 31.3 Å². The lowest BCUT2D eigenvalue weighted by Crippen LogP contribution is -2.39. The number of nitrogens with one attached hydrogen (secondary N) is 1. The molecule has 0 radical (unpaired) electrons. The Bertz CT molecular complexity index is 230. The predicted molar refractivity (Wildman–Crippen MR) is 60.8 cm³/mol. The summed E-state index contributed by atoms with van der Waals surface area (Å²) in [7, 11) is 0. The summed E-state index contributed by atoms with van der Waals surface area (Å²) < 4.78 is 0. The third-order valence-corrected chi connectivity index (χ3v) is 3.88. The number of rotatable bonds is 3. The van der Waals surface area contributed by atoms with Gasteiger partial charge in [0, 0.05) is 35.7 Å². The summed E-state index contributed by atoms with van der Waals surface area (Å²) in [6.45, 7) is 3.23. The van der Waals surface area contributed by atoms with Gasteiger partial charge < -0.3 is 5.32 Å². The van der Waals surface area contributed by atoms with Gasteiger partial charge in [-0.3, -0.25) is 4.90 Å².